The Morgan fingerprint density at radius 1 is 1.24 bits per heavy atom. The van der Waals surface area contributed by atoms with E-state index in [2.05, 4.69) is 12.2 Å². The van der Waals surface area contributed by atoms with Gasteiger partial charge in [0.15, 0.2) is 0 Å². The molecule has 2 atom stereocenters. The lowest BCUT2D eigenvalue weighted by Gasteiger charge is -2.28. The Kier molecular flexibility index (Phi) is 6.01. The number of hydrogen-bond acceptors (Lipinski definition) is 2. The predicted molar refractivity (Wildman–Crippen MR) is 65.6 cm³/mol. The van der Waals surface area contributed by atoms with E-state index in [1.54, 1.807) is 0 Å². The van der Waals surface area contributed by atoms with Crippen LogP contribution in [-0.2, 0) is 9.59 Å². The molecule has 4 heteroatoms. The molecule has 1 fully saturated rings. The molecule has 17 heavy (non-hydrogen) atoms. The lowest BCUT2D eigenvalue weighted by molar-refractivity contribution is -0.137. The molecule has 1 aliphatic carbocycles. The van der Waals surface area contributed by atoms with Crippen molar-refractivity contribution in [2.24, 2.45) is 11.8 Å². The van der Waals surface area contributed by atoms with Crippen LogP contribution in [0, 0.1) is 11.8 Å². The zero-order valence-electron chi connectivity index (χ0n) is 10.6. The van der Waals surface area contributed by atoms with E-state index in [4.69, 9.17) is 5.11 Å². The van der Waals surface area contributed by atoms with Crippen molar-refractivity contribution in [1.29, 1.82) is 0 Å². The highest BCUT2D eigenvalue weighted by atomic mass is 16.4. The van der Waals surface area contributed by atoms with E-state index < -0.39 is 5.97 Å². The van der Waals surface area contributed by atoms with Gasteiger partial charge in [0.25, 0.3) is 0 Å². The summed E-state index contributed by atoms with van der Waals surface area (Å²) >= 11 is 0. The van der Waals surface area contributed by atoms with E-state index in [0.717, 1.165) is 6.54 Å². The minimum Gasteiger partial charge on any atom is -0.481 e. The molecule has 0 aliphatic heterocycles. The number of carbonyl (C=O) groups is 2. The number of aliphatic carboxylic acids is 1. The third kappa shape index (κ3) is 5.71. The molecule has 0 saturated heterocycles. The van der Waals surface area contributed by atoms with Crippen molar-refractivity contribution in [3.05, 3.63) is 0 Å². The molecule has 0 bridgehead atoms. The van der Waals surface area contributed by atoms with Gasteiger partial charge in [0.05, 0.1) is 0 Å². The third-order valence-corrected chi connectivity index (χ3v) is 3.65. The van der Waals surface area contributed by atoms with Crippen LogP contribution in [0.3, 0.4) is 0 Å². The molecular weight excluding hydrogens is 218 g/mol. The van der Waals surface area contributed by atoms with Crippen LogP contribution in [0.15, 0.2) is 0 Å². The SMILES string of the molecule is CC1CCCCC1CNC(=O)CCCC(=O)O. The van der Waals surface area contributed by atoms with Gasteiger partial charge in [-0.3, -0.25) is 9.59 Å². The van der Waals surface area contributed by atoms with Crippen molar-refractivity contribution >= 4 is 11.9 Å². The number of nitrogens with one attached hydrogen (secondary N) is 1. The second-order valence-corrected chi connectivity index (χ2v) is 5.07. The number of carboxylic acids is 1. The number of carbonyl (C=O) groups excluding carboxylic acids is 1. The van der Waals surface area contributed by atoms with Crippen LogP contribution in [0.4, 0.5) is 0 Å². The van der Waals surface area contributed by atoms with E-state index in [1.165, 1.54) is 25.7 Å². The molecule has 4 nitrogen and oxygen atoms in total. The molecule has 1 amide bonds. The van der Waals surface area contributed by atoms with Crippen LogP contribution in [0.25, 0.3) is 0 Å². The maximum atomic E-state index is 11.5. The van der Waals surface area contributed by atoms with E-state index in [9.17, 15) is 9.59 Å². The van der Waals surface area contributed by atoms with Crippen LogP contribution in [0.2, 0.25) is 0 Å². The molecule has 98 valence electrons. The van der Waals surface area contributed by atoms with Gasteiger partial charge >= 0.3 is 5.97 Å². The van der Waals surface area contributed by atoms with Crippen LogP contribution < -0.4 is 5.32 Å². The molecule has 0 aromatic carbocycles. The largest absolute Gasteiger partial charge is 0.481 e. The quantitative estimate of drug-likeness (QED) is 0.749. The summed E-state index contributed by atoms with van der Waals surface area (Å²) in [5.74, 6) is 0.456. The third-order valence-electron chi connectivity index (χ3n) is 3.65. The summed E-state index contributed by atoms with van der Waals surface area (Å²) in [4.78, 5) is 21.8. The summed E-state index contributed by atoms with van der Waals surface area (Å²) in [7, 11) is 0. The van der Waals surface area contributed by atoms with E-state index in [-0.39, 0.29) is 12.3 Å². The van der Waals surface area contributed by atoms with E-state index in [0.29, 0.717) is 24.7 Å². The van der Waals surface area contributed by atoms with Crippen molar-refractivity contribution in [1.82, 2.24) is 5.32 Å². The van der Waals surface area contributed by atoms with Crippen LogP contribution >= 0.6 is 0 Å². The maximum Gasteiger partial charge on any atom is 0.303 e. The highest BCUT2D eigenvalue weighted by Crippen LogP contribution is 2.28. The molecule has 1 rings (SSSR count). The molecule has 2 N–H and O–H groups in total. The second-order valence-electron chi connectivity index (χ2n) is 5.07. The number of rotatable bonds is 6. The Labute approximate surface area is 103 Å². The normalized spacial score (nSPS) is 24.3. The Morgan fingerprint density at radius 2 is 1.94 bits per heavy atom. The van der Waals surface area contributed by atoms with Gasteiger partial charge in [-0.05, 0) is 24.7 Å². The van der Waals surface area contributed by atoms with Gasteiger partial charge in [0.1, 0.15) is 0 Å². The first-order chi connectivity index (χ1) is 8.09. The minimum atomic E-state index is -0.835. The fourth-order valence-electron chi connectivity index (χ4n) is 2.43. The summed E-state index contributed by atoms with van der Waals surface area (Å²) in [6, 6.07) is 0. The molecule has 0 spiro atoms. The fraction of sp³-hybridized carbons (Fsp3) is 0.846. The van der Waals surface area contributed by atoms with Crippen LogP contribution in [0.5, 0.6) is 0 Å². The van der Waals surface area contributed by atoms with Gasteiger partial charge in [-0.15, -0.1) is 0 Å². The minimum absolute atomic E-state index is 0.0102. The van der Waals surface area contributed by atoms with E-state index in [1.807, 2.05) is 0 Å². The zero-order valence-corrected chi connectivity index (χ0v) is 10.6. The number of carboxylic acid groups (broad SMARTS) is 1. The van der Waals surface area contributed by atoms with Crippen LogP contribution in [-0.4, -0.2) is 23.5 Å². The van der Waals surface area contributed by atoms with Gasteiger partial charge in [-0.25, -0.2) is 0 Å². The van der Waals surface area contributed by atoms with Crippen LogP contribution in [0.1, 0.15) is 51.9 Å². The molecule has 0 heterocycles. The zero-order chi connectivity index (χ0) is 12.7. The van der Waals surface area contributed by atoms with Gasteiger partial charge in [0.2, 0.25) is 5.91 Å². The summed E-state index contributed by atoms with van der Waals surface area (Å²) in [5.41, 5.74) is 0. The first-order valence-electron chi connectivity index (χ1n) is 6.58. The van der Waals surface area contributed by atoms with Gasteiger partial charge in [0, 0.05) is 19.4 Å². The Bertz CT molecular complexity index is 265. The van der Waals surface area contributed by atoms with Crippen molar-refractivity contribution in [3.63, 3.8) is 0 Å². The number of amides is 1. The highest BCUT2D eigenvalue weighted by molar-refractivity contribution is 5.76. The monoisotopic (exact) mass is 241 g/mol. The molecule has 0 radical (unpaired) electrons. The lowest BCUT2D eigenvalue weighted by atomic mass is 9.80. The standard InChI is InChI=1S/C13H23NO3/c1-10-5-2-3-6-11(10)9-14-12(15)7-4-8-13(16)17/h10-11H,2-9H2,1H3,(H,14,15)(H,16,17). The van der Waals surface area contributed by atoms with Crippen molar-refractivity contribution in [2.45, 2.75) is 51.9 Å². The van der Waals surface area contributed by atoms with Gasteiger partial charge < -0.3 is 10.4 Å². The Hall–Kier alpha value is -1.06. The maximum absolute atomic E-state index is 11.5. The van der Waals surface area contributed by atoms with Gasteiger partial charge in [-0.2, -0.15) is 0 Å². The lowest BCUT2D eigenvalue weighted by Crippen LogP contribution is -2.33. The first-order valence-corrected chi connectivity index (χ1v) is 6.58. The average Bonchev–Trinajstić information content (AvgIpc) is 2.27. The van der Waals surface area contributed by atoms with E-state index >= 15 is 0 Å². The molecule has 1 saturated carbocycles. The summed E-state index contributed by atoms with van der Waals surface area (Å²) in [6.45, 7) is 3.01. The van der Waals surface area contributed by atoms with Crippen molar-refractivity contribution in [2.75, 3.05) is 6.54 Å². The molecular formula is C13H23NO3. The highest BCUT2D eigenvalue weighted by Gasteiger charge is 2.21. The molecule has 1 aliphatic rings. The average molecular weight is 241 g/mol. The second kappa shape index (κ2) is 7.30. The smallest absolute Gasteiger partial charge is 0.303 e. The topological polar surface area (TPSA) is 66.4 Å². The predicted octanol–water partition coefficient (Wildman–Crippen LogP) is 2.18. The Balaban J connectivity index is 2.12. The Morgan fingerprint density at radius 3 is 2.59 bits per heavy atom. The summed E-state index contributed by atoms with van der Waals surface area (Å²) in [6.07, 6.45) is 5.88. The molecule has 2 unspecified atom stereocenters. The van der Waals surface area contributed by atoms with Crippen molar-refractivity contribution in [3.8, 4) is 0 Å². The summed E-state index contributed by atoms with van der Waals surface area (Å²) < 4.78 is 0. The number of hydrogen-bond donors (Lipinski definition) is 2. The van der Waals surface area contributed by atoms with Gasteiger partial charge in [-0.1, -0.05) is 26.2 Å². The first kappa shape index (κ1) is 14.0. The van der Waals surface area contributed by atoms with Crippen molar-refractivity contribution < 1.29 is 14.7 Å². The molecule has 0 aromatic heterocycles. The summed E-state index contributed by atoms with van der Waals surface area (Å²) in [5, 5.41) is 11.4. The molecule has 0 aromatic rings. The fourth-order valence-corrected chi connectivity index (χ4v) is 2.43.